The van der Waals surface area contributed by atoms with E-state index in [9.17, 15) is 9.18 Å². The zero-order valence-electron chi connectivity index (χ0n) is 12.7. The van der Waals surface area contributed by atoms with Crippen LogP contribution in [0.25, 0.3) is 0 Å². The Labute approximate surface area is 137 Å². The van der Waals surface area contributed by atoms with Gasteiger partial charge in [-0.1, -0.05) is 0 Å². The number of aryl methyl sites for hydroxylation is 1. The van der Waals surface area contributed by atoms with Crippen molar-refractivity contribution in [1.29, 1.82) is 5.26 Å². The lowest BCUT2D eigenvalue weighted by atomic mass is 10.1. The second-order valence-corrected chi connectivity index (χ2v) is 5.07. The Morgan fingerprint density at radius 1 is 1.33 bits per heavy atom. The number of benzene rings is 2. The van der Waals surface area contributed by atoms with Gasteiger partial charge in [-0.2, -0.15) is 10.4 Å². The van der Waals surface area contributed by atoms with Gasteiger partial charge in [-0.3, -0.25) is 4.79 Å². The summed E-state index contributed by atoms with van der Waals surface area (Å²) in [5.41, 5.74) is 3.84. The number of hydrazone groups is 1. The molecule has 2 aromatic carbocycles. The van der Waals surface area contributed by atoms with Crippen molar-refractivity contribution in [3.05, 3.63) is 58.4 Å². The fourth-order valence-corrected chi connectivity index (χ4v) is 2.19. The minimum absolute atomic E-state index is 0.142. The lowest BCUT2D eigenvalue weighted by Crippen LogP contribution is -2.19. The molecule has 0 fully saturated rings. The number of hydrogen-bond donors (Lipinski definition) is 1. The number of hydrogen-bond acceptors (Lipinski definition) is 5. The maximum atomic E-state index is 13.8. The molecule has 0 spiro atoms. The molecule has 0 bridgehead atoms. The van der Waals surface area contributed by atoms with E-state index in [4.69, 9.17) is 14.7 Å². The minimum atomic E-state index is -0.777. The zero-order valence-corrected chi connectivity index (χ0v) is 12.7. The normalized spacial score (nSPS) is 12.2. The van der Waals surface area contributed by atoms with Crippen molar-refractivity contribution in [2.24, 2.45) is 5.10 Å². The molecule has 6 nitrogen and oxygen atoms in total. The topological polar surface area (TPSA) is 83.7 Å². The molecular formula is C17H12FN3O3. The number of carbonyl (C=O) groups excluding carboxylic acids is 1. The highest BCUT2D eigenvalue weighted by molar-refractivity contribution is 5.95. The number of fused-ring (bicyclic) bond motifs is 1. The van der Waals surface area contributed by atoms with Crippen LogP contribution in [0.5, 0.6) is 11.5 Å². The van der Waals surface area contributed by atoms with Crippen LogP contribution in [0, 0.1) is 24.1 Å². The molecule has 1 aliphatic rings. The number of nitriles is 1. The molecule has 0 radical (unpaired) electrons. The summed E-state index contributed by atoms with van der Waals surface area (Å²) < 4.78 is 24.3. The second kappa shape index (κ2) is 6.38. The molecule has 1 aliphatic heterocycles. The Bertz CT molecular complexity index is 887. The highest BCUT2D eigenvalue weighted by Gasteiger charge is 2.15. The lowest BCUT2D eigenvalue weighted by molar-refractivity contribution is 0.0951. The average molecular weight is 325 g/mol. The first-order chi connectivity index (χ1) is 11.6. The van der Waals surface area contributed by atoms with Crippen LogP contribution in [0.2, 0.25) is 0 Å². The summed E-state index contributed by atoms with van der Waals surface area (Å²) in [5, 5.41) is 12.5. The van der Waals surface area contributed by atoms with Crippen molar-refractivity contribution >= 4 is 12.1 Å². The monoisotopic (exact) mass is 325 g/mol. The molecular weight excluding hydrogens is 313 g/mol. The van der Waals surface area contributed by atoms with Gasteiger partial charge in [0.2, 0.25) is 6.79 Å². The predicted molar refractivity (Wildman–Crippen MR) is 83.5 cm³/mol. The number of nitrogens with one attached hydrogen (secondary N) is 1. The quantitative estimate of drug-likeness (QED) is 0.694. The van der Waals surface area contributed by atoms with Gasteiger partial charge in [-0.25, -0.2) is 9.82 Å². The molecule has 1 heterocycles. The van der Waals surface area contributed by atoms with Crippen LogP contribution in [0.15, 0.2) is 35.4 Å². The highest BCUT2D eigenvalue weighted by atomic mass is 19.1. The molecule has 2 aromatic rings. The van der Waals surface area contributed by atoms with Crippen molar-refractivity contribution < 1.29 is 18.7 Å². The Morgan fingerprint density at radius 3 is 2.79 bits per heavy atom. The van der Waals surface area contributed by atoms with Crippen LogP contribution in [0.1, 0.15) is 27.0 Å². The molecule has 0 aromatic heterocycles. The van der Waals surface area contributed by atoms with E-state index in [1.165, 1.54) is 18.3 Å². The van der Waals surface area contributed by atoms with Gasteiger partial charge in [0.05, 0.1) is 23.4 Å². The molecule has 0 saturated heterocycles. The SMILES string of the molecule is Cc1cc2c(cc1/C=N\NC(=O)c1ccc(C#N)cc1F)OCO2. The summed E-state index contributed by atoms with van der Waals surface area (Å²) >= 11 is 0. The third kappa shape index (κ3) is 3.03. The second-order valence-electron chi connectivity index (χ2n) is 5.07. The number of nitrogens with zero attached hydrogens (tertiary/aromatic N) is 2. The summed E-state index contributed by atoms with van der Waals surface area (Å²) in [6, 6.07) is 8.96. The molecule has 1 amide bonds. The lowest BCUT2D eigenvalue weighted by Gasteiger charge is -2.04. The first-order valence-corrected chi connectivity index (χ1v) is 7.02. The molecule has 7 heteroatoms. The Hall–Kier alpha value is -3.40. The Kier molecular flexibility index (Phi) is 4.12. The molecule has 0 atom stereocenters. The Morgan fingerprint density at radius 2 is 2.08 bits per heavy atom. The fourth-order valence-electron chi connectivity index (χ4n) is 2.19. The molecule has 1 N–H and O–H groups in total. The van der Waals surface area contributed by atoms with E-state index >= 15 is 0 Å². The summed E-state index contributed by atoms with van der Waals surface area (Å²) in [6.45, 7) is 2.04. The number of carbonyl (C=O) groups is 1. The predicted octanol–water partition coefficient (Wildman–Crippen LogP) is 2.50. The summed E-state index contributed by atoms with van der Waals surface area (Å²) in [4.78, 5) is 11.9. The van der Waals surface area contributed by atoms with Gasteiger partial charge in [0.15, 0.2) is 11.5 Å². The van der Waals surface area contributed by atoms with E-state index < -0.39 is 11.7 Å². The molecule has 3 rings (SSSR count). The van der Waals surface area contributed by atoms with Gasteiger partial charge in [0.25, 0.3) is 5.91 Å². The fraction of sp³-hybridized carbons (Fsp3) is 0.118. The van der Waals surface area contributed by atoms with Crippen LogP contribution < -0.4 is 14.9 Å². The summed E-state index contributed by atoms with van der Waals surface area (Å²) in [5.74, 6) is -0.215. The van der Waals surface area contributed by atoms with E-state index in [1.807, 2.05) is 13.0 Å². The van der Waals surface area contributed by atoms with Crippen LogP contribution >= 0.6 is 0 Å². The van der Waals surface area contributed by atoms with Crippen molar-refractivity contribution in [1.82, 2.24) is 5.43 Å². The average Bonchev–Trinajstić information content (AvgIpc) is 3.01. The molecule has 120 valence electrons. The molecule has 0 unspecified atom stereocenters. The summed E-state index contributed by atoms with van der Waals surface area (Å²) in [6.07, 6.45) is 1.44. The van der Waals surface area contributed by atoms with Gasteiger partial charge in [0.1, 0.15) is 5.82 Å². The van der Waals surface area contributed by atoms with E-state index in [1.54, 1.807) is 12.1 Å². The minimum Gasteiger partial charge on any atom is -0.454 e. The largest absolute Gasteiger partial charge is 0.454 e. The molecule has 24 heavy (non-hydrogen) atoms. The number of ether oxygens (including phenoxy) is 2. The van der Waals surface area contributed by atoms with E-state index in [0.717, 1.165) is 17.2 Å². The van der Waals surface area contributed by atoms with Crippen LogP contribution in [-0.2, 0) is 0 Å². The maximum absolute atomic E-state index is 13.8. The Balaban J connectivity index is 1.73. The first-order valence-electron chi connectivity index (χ1n) is 7.02. The molecule has 0 saturated carbocycles. The van der Waals surface area contributed by atoms with Crippen LogP contribution in [0.4, 0.5) is 4.39 Å². The van der Waals surface area contributed by atoms with Gasteiger partial charge in [-0.05, 0) is 42.8 Å². The van der Waals surface area contributed by atoms with Gasteiger partial charge in [0, 0.05) is 5.56 Å². The molecule has 0 aliphatic carbocycles. The van der Waals surface area contributed by atoms with Gasteiger partial charge in [-0.15, -0.1) is 0 Å². The zero-order chi connectivity index (χ0) is 17.1. The van der Waals surface area contributed by atoms with Gasteiger partial charge < -0.3 is 9.47 Å². The standard InChI is InChI=1S/C17H12FN3O3/c1-10-4-15-16(24-9-23-15)6-12(10)8-20-21-17(22)13-3-2-11(7-19)5-14(13)18/h2-6,8H,9H2,1H3,(H,21,22)/b20-8-. The third-order valence-corrected chi connectivity index (χ3v) is 3.47. The van der Waals surface area contributed by atoms with Crippen molar-refractivity contribution in [3.63, 3.8) is 0 Å². The smallest absolute Gasteiger partial charge is 0.274 e. The number of rotatable bonds is 3. The highest BCUT2D eigenvalue weighted by Crippen LogP contribution is 2.33. The number of amides is 1. The van der Waals surface area contributed by atoms with E-state index in [-0.39, 0.29) is 17.9 Å². The van der Waals surface area contributed by atoms with Crippen molar-refractivity contribution in [3.8, 4) is 17.6 Å². The van der Waals surface area contributed by atoms with E-state index in [0.29, 0.717) is 11.5 Å². The summed E-state index contributed by atoms with van der Waals surface area (Å²) in [7, 11) is 0. The number of halogens is 1. The van der Waals surface area contributed by atoms with Crippen LogP contribution in [0.3, 0.4) is 0 Å². The van der Waals surface area contributed by atoms with Gasteiger partial charge >= 0.3 is 0 Å². The van der Waals surface area contributed by atoms with Crippen LogP contribution in [-0.4, -0.2) is 18.9 Å². The van der Waals surface area contributed by atoms with Crippen molar-refractivity contribution in [2.45, 2.75) is 6.92 Å². The van der Waals surface area contributed by atoms with E-state index in [2.05, 4.69) is 10.5 Å². The maximum Gasteiger partial charge on any atom is 0.274 e. The third-order valence-electron chi connectivity index (χ3n) is 3.47. The first kappa shape index (κ1) is 15.5. The van der Waals surface area contributed by atoms with Crippen molar-refractivity contribution in [2.75, 3.05) is 6.79 Å².